The molecule has 7 heteroatoms. The van der Waals surface area contributed by atoms with Crippen LogP contribution in [0.2, 0.25) is 0 Å². The molecule has 7 nitrogen and oxygen atoms in total. The van der Waals surface area contributed by atoms with Crippen molar-refractivity contribution in [2.24, 2.45) is 0 Å². The Hall–Kier alpha value is -4.13. The largest absolute Gasteiger partial charge is 0.497 e. The first-order valence-corrected chi connectivity index (χ1v) is 12.2. The first-order valence-electron chi connectivity index (χ1n) is 12.2. The second-order valence-corrected chi connectivity index (χ2v) is 8.43. The summed E-state index contributed by atoms with van der Waals surface area (Å²) in [5, 5.41) is 7.73. The molecule has 186 valence electrons. The van der Waals surface area contributed by atoms with Gasteiger partial charge in [-0.3, -0.25) is 4.79 Å². The minimum absolute atomic E-state index is 0.0969. The first kappa shape index (κ1) is 25.0. The molecule has 0 aliphatic heterocycles. The van der Waals surface area contributed by atoms with Gasteiger partial charge in [0.15, 0.2) is 11.6 Å². The zero-order valence-corrected chi connectivity index (χ0v) is 21.0. The summed E-state index contributed by atoms with van der Waals surface area (Å²) in [5.41, 5.74) is 3.45. The van der Waals surface area contributed by atoms with Crippen molar-refractivity contribution in [1.82, 2.24) is 20.1 Å². The standard InChI is InChI=1S/C29H32N4O3/c1-4-27-31-28(33(32-27)25-17-16-24(35-2)20-26(25)36-3)22-14-10-15-23(19-22)29(34)30-18-9-8-13-21-11-6-5-7-12-21/h5-7,10-12,14-17,19-20H,4,8-9,13,18H2,1-3H3,(H,30,34). The fourth-order valence-electron chi connectivity index (χ4n) is 4.02. The second-order valence-electron chi connectivity index (χ2n) is 8.43. The van der Waals surface area contributed by atoms with Crippen LogP contribution in [0.1, 0.15) is 41.5 Å². The van der Waals surface area contributed by atoms with Gasteiger partial charge in [-0.2, -0.15) is 5.10 Å². The summed E-state index contributed by atoms with van der Waals surface area (Å²) >= 11 is 0. The first-order chi connectivity index (χ1) is 17.6. The van der Waals surface area contributed by atoms with Gasteiger partial charge in [0.2, 0.25) is 0 Å². The highest BCUT2D eigenvalue weighted by Crippen LogP contribution is 2.31. The Morgan fingerprint density at radius 2 is 1.78 bits per heavy atom. The molecule has 4 rings (SSSR count). The van der Waals surface area contributed by atoms with E-state index in [2.05, 4.69) is 29.6 Å². The number of benzene rings is 3. The van der Waals surface area contributed by atoms with E-state index in [1.807, 2.05) is 55.5 Å². The van der Waals surface area contributed by atoms with Gasteiger partial charge in [-0.1, -0.05) is 49.4 Å². The monoisotopic (exact) mass is 484 g/mol. The number of hydrogen-bond donors (Lipinski definition) is 1. The van der Waals surface area contributed by atoms with Crippen LogP contribution in [0.5, 0.6) is 11.5 Å². The van der Waals surface area contributed by atoms with E-state index in [0.29, 0.717) is 41.7 Å². The summed E-state index contributed by atoms with van der Waals surface area (Å²) in [5.74, 6) is 2.56. The fourth-order valence-corrected chi connectivity index (χ4v) is 4.02. The summed E-state index contributed by atoms with van der Waals surface area (Å²) in [6.45, 7) is 2.64. The van der Waals surface area contributed by atoms with Gasteiger partial charge in [0.05, 0.1) is 14.2 Å². The molecular weight excluding hydrogens is 452 g/mol. The molecule has 36 heavy (non-hydrogen) atoms. The van der Waals surface area contributed by atoms with Crippen molar-refractivity contribution in [2.45, 2.75) is 32.6 Å². The van der Waals surface area contributed by atoms with Gasteiger partial charge in [-0.05, 0) is 49.1 Å². The Morgan fingerprint density at radius 1 is 0.944 bits per heavy atom. The summed E-state index contributed by atoms with van der Waals surface area (Å²) in [7, 11) is 3.23. The van der Waals surface area contributed by atoms with E-state index in [0.717, 1.165) is 30.5 Å². The van der Waals surface area contributed by atoms with Crippen LogP contribution in [-0.2, 0) is 12.8 Å². The number of hydrogen-bond acceptors (Lipinski definition) is 5. The lowest BCUT2D eigenvalue weighted by atomic mass is 10.1. The summed E-state index contributed by atoms with van der Waals surface area (Å²) < 4.78 is 12.7. The van der Waals surface area contributed by atoms with E-state index >= 15 is 0 Å². The molecule has 0 unspecified atom stereocenters. The maximum absolute atomic E-state index is 12.9. The molecule has 0 fully saturated rings. The molecule has 0 atom stereocenters. The third-order valence-corrected chi connectivity index (χ3v) is 5.99. The van der Waals surface area contributed by atoms with Crippen LogP contribution in [0.3, 0.4) is 0 Å². The molecule has 1 amide bonds. The second kappa shape index (κ2) is 12.0. The van der Waals surface area contributed by atoms with E-state index in [1.54, 1.807) is 18.9 Å². The number of aromatic nitrogens is 3. The molecule has 0 aliphatic carbocycles. The highest BCUT2D eigenvalue weighted by Gasteiger charge is 2.18. The number of rotatable bonds is 11. The van der Waals surface area contributed by atoms with Crippen LogP contribution in [0.15, 0.2) is 72.8 Å². The van der Waals surface area contributed by atoms with Crippen LogP contribution in [0.4, 0.5) is 0 Å². The number of nitrogens with zero attached hydrogens (tertiary/aromatic N) is 3. The summed E-state index contributed by atoms with van der Waals surface area (Å²) in [6, 6.07) is 23.4. The highest BCUT2D eigenvalue weighted by atomic mass is 16.5. The molecule has 1 aromatic heterocycles. The molecule has 1 N–H and O–H groups in total. The Bertz CT molecular complexity index is 1300. The molecule has 0 saturated carbocycles. The SMILES string of the molecule is CCc1nc(-c2cccc(C(=O)NCCCCc3ccccc3)c2)n(-c2ccc(OC)cc2OC)n1. The quantitative estimate of drug-likeness (QED) is 0.294. The van der Waals surface area contributed by atoms with Crippen LogP contribution in [-0.4, -0.2) is 41.4 Å². The number of unbranched alkanes of at least 4 members (excludes halogenated alkanes) is 1. The van der Waals surface area contributed by atoms with Gasteiger partial charge in [0.25, 0.3) is 5.91 Å². The summed E-state index contributed by atoms with van der Waals surface area (Å²) in [4.78, 5) is 17.6. The van der Waals surface area contributed by atoms with Crippen molar-refractivity contribution in [3.63, 3.8) is 0 Å². The lowest BCUT2D eigenvalue weighted by Crippen LogP contribution is -2.24. The number of carbonyl (C=O) groups is 1. The molecular formula is C29H32N4O3. The normalized spacial score (nSPS) is 10.8. The molecule has 0 radical (unpaired) electrons. The zero-order chi connectivity index (χ0) is 25.3. The number of amides is 1. The van der Waals surface area contributed by atoms with E-state index in [4.69, 9.17) is 19.6 Å². The van der Waals surface area contributed by atoms with Crippen LogP contribution in [0.25, 0.3) is 17.1 Å². The molecule has 3 aromatic carbocycles. The van der Waals surface area contributed by atoms with E-state index in [1.165, 1.54) is 5.56 Å². The van der Waals surface area contributed by atoms with E-state index in [9.17, 15) is 4.79 Å². The number of ether oxygens (including phenoxy) is 2. The molecule has 0 bridgehead atoms. The van der Waals surface area contributed by atoms with Crippen LogP contribution < -0.4 is 14.8 Å². The van der Waals surface area contributed by atoms with Gasteiger partial charge >= 0.3 is 0 Å². The Balaban J connectivity index is 1.50. The average Bonchev–Trinajstić information content (AvgIpc) is 3.37. The van der Waals surface area contributed by atoms with Crippen molar-refractivity contribution in [1.29, 1.82) is 0 Å². The third-order valence-electron chi connectivity index (χ3n) is 5.99. The number of carbonyl (C=O) groups excluding carboxylic acids is 1. The Kier molecular flexibility index (Phi) is 8.34. The Labute approximate surface area is 212 Å². The molecule has 0 spiro atoms. The Morgan fingerprint density at radius 3 is 2.53 bits per heavy atom. The highest BCUT2D eigenvalue weighted by molar-refractivity contribution is 5.95. The van der Waals surface area contributed by atoms with Gasteiger partial charge < -0.3 is 14.8 Å². The van der Waals surface area contributed by atoms with Gasteiger partial charge in [-0.25, -0.2) is 9.67 Å². The lowest BCUT2D eigenvalue weighted by molar-refractivity contribution is 0.0953. The molecule has 4 aromatic rings. The molecule has 0 saturated heterocycles. The average molecular weight is 485 g/mol. The van der Waals surface area contributed by atoms with Crippen LogP contribution in [0, 0.1) is 0 Å². The van der Waals surface area contributed by atoms with E-state index < -0.39 is 0 Å². The number of nitrogens with one attached hydrogen (secondary N) is 1. The minimum atomic E-state index is -0.0969. The third kappa shape index (κ3) is 5.92. The molecule has 0 aliphatic rings. The van der Waals surface area contributed by atoms with Crippen molar-refractivity contribution < 1.29 is 14.3 Å². The van der Waals surface area contributed by atoms with Gasteiger partial charge in [-0.15, -0.1) is 0 Å². The maximum atomic E-state index is 12.9. The van der Waals surface area contributed by atoms with Crippen molar-refractivity contribution in [2.75, 3.05) is 20.8 Å². The van der Waals surface area contributed by atoms with Gasteiger partial charge in [0, 0.05) is 30.2 Å². The predicted octanol–water partition coefficient (Wildman–Crippen LogP) is 5.27. The van der Waals surface area contributed by atoms with Crippen LogP contribution >= 0.6 is 0 Å². The summed E-state index contributed by atoms with van der Waals surface area (Å²) in [6.07, 6.45) is 3.64. The van der Waals surface area contributed by atoms with E-state index in [-0.39, 0.29) is 5.91 Å². The van der Waals surface area contributed by atoms with Gasteiger partial charge in [0.1, 0.15) is 17.2 Å². The smallest absolute Gasteiger partial charge is 0.251 e. The van der Waals surface area contributed by atoms with Crippen molar-refractivity contribution in [3.8, 4) is 28.6 Å². The molecule has 1 heterocycles. The zero-order valence-electron chi connectivity index (χ0n) is 21.0. The number of aryl methyl sites for hydroxylation is 2. The van der Waals surface area contributed by atoms with Crippen molar-refractivity contribution in [3.05, 3.63) is 89.7 Å². The van der Waals surface area contributed by atoms with Crippen molar-refractivity contribution >= 4 is 5.91 Å². The predicted molar refractivity (Wildman–Crippen MR) is 141 cm³/mol. The maximum Gasteiger partial charge on any atom is 0.251 e. The fraction of sp³-hybridized carbons (Fsp3) is 0.276. The topological polar surface area (TPSA) is 78.3 Å². The minimum Gasteiger partial charge on any atom is -0.497 e. The lowest BCUT2D eigenvalue weighted by Gasteiger charge is -2.12. The number of methoxy groups -OCH3 is 2.